The summed E-state index contributed by atoms with van der Waals surface area (Å²) >= 11 is 0. The first-order valence-electron chi connectivity index (χ1n) is 7.98. The lowest BCUT2D eigenvalue weighted by molar-refractivity contribution is -0.137. The minimum atomic E-state index is -4.45. The van der Waals surface area contributed by atoms with E-state index in [1.807, 2.05) is 25.1 Å². The third-order valence-electron chi connectivity index (χ3n) is 3.76. The second kappa shape index (κ2) is 8.23. The van der Waals surface area contributed by atoms with Gasteiger partial charge in [-0.05, 0) is 38.2 Å². The average Bonchev–Trinajstić information content (AvgIpc) is 2.54. The largest absolute Gasteiger partial charge is 0.496 e. The van der Waals surface area contributed by atoms with Crippen molar-refractivity contribution in [1.82, 2.24) is 4.90 Å². The Morgan fingerprint density at radius 1 is 1.19 bits per heavy atom. The van der Waals surface area contributed by atoms with Crippen LogP contribution in [-0.4, -0.2) is 31.5 Å². The number of hydrogen-bond acceptors (Lipinski definition) is 3. The predicted molar refractivity (Wildman–Crippen MR) is 94.1 cm³/mol. The Bertz CT molecular complexity index is 776. The van der Waals surface area contributed by atoms with Crippen molar-refractivity contribution in [1.29, 1.82) is 0 Å². The highest BCUT2D eigenvalue weighted by atomic mass is 19.4. The number of hydrogen-bond donors (Lipinski definition) is 1. The van der Waals surface area contributed by atoms with Gasteiger partial charge in [0.25, 0.3) is 0 Å². The molecule has 0 atom stereocenters. The number of rotatable bonds is 6. The van der Waals surface area contributed by atoms with Gasteiger partial charge in [0.05, 0.1) is 19.2 Å². The number of alkyl halides is 3. The molecule has 0 aliphatic heterocycles. The molecule has 1 N–H and O–H groups in total. The fraction of sp³-hybridized carbons (Fsp3) is 0.316. The third-order valence-corrected chi connectivity index (χ3v) is 3.76. The summed E-state index contributed by atoms with van der Waals surface area (Å²) in [5.41, 5.74) is 1.32. The van der Waals surface area contributed by atoms with Gasteiger partial charge in [-0.2, -0.15) is 13.2 Å². The van der Waals surface area contributed by atoms with Crippen molar-refractivity contribution in [2.45, 2.75) is 19.6 Å². The Balaban J connectivity index is 1.99. The zero-order chi connectivity index (χ0) is 19.3. The second-order valence-corrected chi connectivity index (χ2v) is 6.11. The molecule has 0 unspecified atom stereocenters. The monoisotopic (exact) mass is 366 g/mol. The second-order valence-electron chi connectivity index (χ2n) is 6.11. The van der Waals surface area contributed by atoms with Crippen LogP contribution in [0.1, 0.15) is 16.7 Å². The number of aryl methyl sites for hydroxylation is 1. The number of halogens is 3. The van der Waals surface area contributed by atoms with Gasteiger partial charge in [0.15, 0.2) is 0 Å². The third kappa shape index (κ3) is 5.49. The maximum atomic E-state index is 12.7. The molecule has 0 bridgehead atoms. The van der Waals surface area contributed by atoms with E-state index in [1.165, 1.54) is 12.1 Å². The van der Waals surface area contributed by atoms with E-state index in [1.54, 1.807) is 19.1 Å². The van der Waals surface area contributed by atoms with Crippen molar-refractivity contribution in [2.24, 2.45) is 0 Å². The molecule has 0 spiro atoms. The summed E-state index contributed by atoms with van der Waals surface area (Å²) in [7, 11) is 3.34. The van der Waals surface area contributed by atoms with Crippen LogP contribution < -0.4 is 10.1 Å². The Morgan fingerprint density at radius 2 is 1.92 bits per heavy atom. The molecule has 0 radical (unpaired) electrons. The molecule has 2 aromatic carbocycles. The lowest BCUT2D eigenvalue weighted by Crippen LogP contribution is -2.30. The Kier molecular flexibility index (Phi) is 6.26. The number of nitrogens with zero attached hydrogens (tertiary/aromatic N) is 1. The van der Waals surface area contributed by atoms with Crippen molar-refractivity contribution in [2.75, 3.05) is 26.0 Å². The maximum Gasteiger partial charge on any atom is 0.416 e. The highest BCUT2D eigenvalue weighted by Crippen LogP contribution is 2.30. The fourth-order valence-corrected chi connectivity index (χ4v) is 2.60. The zero-order valence-electron chi connectivity index (χ0n) is 14.9. The van der Waals surface area contributed by atoms with Crippen LogP contribution in [0.15, 0.2) is 42.5 Å². The first-order valence-corrected chi connectivity index (χ1v) is 7.98. The van der Waals surface area contributed by atoms with E-state index in [0.29, 0.717) is 6.54 Å². The maximum absolute atomic E-state index is 12.7. The Morgan fingerprint density at radius 3 is 2.58 bits per heavy atom. The number of likely N-dealkylation sites (N-methyl/N-ethyl adjacent to an activating group) is 1. The quantitative estimate of drug-likeness (QED) is 0.837. The molecule has 2 aromatic rings. The number of carbonyl (C=O) groups excluding carboxylic acids is 1. The summed E-state index contributed by atoms with van der Waals surface area (Å²) in [5, 5.41) is 2.50. The van der Waals surface area contributed by atoms with Crippen LogP contribution in [0.3, 0.4) is 0 Å². The van der Waals surface area contributed by atoms with E-state index in [4.69, 9.17) is 4.74 Å². The number of methoxy groups -OCH3 is 1. The lowest BCUT2D eigenvalue weighted by atomic mass is 10.1. The first-order chi connectivity index (χ1) is 12.2. The smallest absolute Gasteiger partial charge is 0.416 e. The standard InChI is InChI=1S/C19H21F3N2O2/c1-13-7-8-17(26-3)14(9-13)11-24(2)12-18(25)23-16-6-4-5-15(10-16)19(20,21)22/h4-10H,11-12H2,1-3H3,(H,23,25). The first kappa shape index (κ1) is 19.8. The highest BCUT2D eigenvalue weighted by molar-refractivity contribution is 5.92. The van der Waals surface area contributed by atoms with Crippen molar-refractivity contribution in [3.05, 3.63) is 59.2 Å². The number of anilines is 1. The summed E-state index contributed by atoms with van der Waals surface area (Å²) in [5.74, 6) is 0.333. The molecule has 4 nitrogen and oxygen atoms in total. The average molecular weight is 366 g/mol. The van der Waals surface area contributed by atoms with Crippen molar-refractivity contribution < 1.29 is 22.7 Å². The summed E-state index contributed by atoms with van der Waals surface area (Å²) in [6, 6.07) is 10.3. The minimum absolute atomic E-state index is 0.0351. The van der Waals surface area contributed by atoms with Crippen molar-refractivity contribution in [3.8, 4) is 5.75 Å². The number of benzene rings is 2. The van der Waals surface area contributed by atoms with Crippen LogP contribution in [0, 0.1) is 6.92 Å². The SMILES string of the molecule is COc1ccc(C)cc1CN(C)CC(=O)Nc1cccc(C(F)(F)F)c1. The van der Waals surface area contributed by atoms with Gasteiger partial charge in [0.1, 0.15) is 5.75 Å². The van der Waals surface area contributed by atoms with E-state index in [2.05, 4.69) is 5.32 Å². The topological polar surface area (TPSA) is 41.6 Å². The lowest BCUT2D eigenvalue weighted by Gasteiger charge is -2.18. The molecule has 0 fully saturated rings. The van der Waals surface area contributed by atoms with E-state index >= 15 is 0 Å². The van der Waals surface area contributed by atoms with Gasteiger partial charge in [0, 0.05) is 17.8 Å². The molecule has 0 saturated heterocycles. The highest BCUT2D eigenvalue weighted by Gasteiger charge is 2.30. The van der Waals surface area contributed by atoms with Crippen LogP contribution >= 0.6 is 0 Å². The van der Waals surface area contributed by atoms with Gasteiger partial charge in [-0.25, -0.2) is 0 Å². The number of ether oxygens (including phenoxy) is 1. The van der Waals surface area contributed by atoms with Gasteiger partial charge in [0.2, 0.25) is 5.91 Å². The summed E-state index contributed by atoms with van der Waals surface area (Å²) in [6.45, 7) is 2.47. The van der Waals surface area contributed by atoms with Crippen LogP contribution in [-0.2, 0) is 17.5 Å². The molecule has 2 rings (SSSR count). The molecular formula is C19H21F3N2O2. The van der Waals surface area contributed by atoms with Crippen LogP contribution in [0.4, 0.5) is 18.9 Å². The van der Waals surface area contributed by atoms with Gasteiger partial charge < -0.3 is 10.1 Å². The Labute approximate surface area is 150 Å². The fourth-order valence-electron chi connectivity index (χ4n) is 2.60. The zero-order valence-corrected chi connectivity index (χ0v) is 14.9. The summed E-state index contributed by atoms with van der Waals surface area (Å²) in [4.78, 5) is 13.9. The molecule has 0 heterocycles. The predicted octanol–water partition coefficient (Wildman–Crippen LogP) is 4.09. The van der Waals surface area contributed by atoms with Gasteiger partial charge >= 0.3 is 6.18 Å². The van der Waals surface area contributed by atoms with Gasteiger partial charge in [-0.3, -0.25) is 9.69 Å². The molecule has 1 amide bonds. The van der Waals surface area contributed by atoms with Crippen molar-refractivity contribution >= 4 is 11.6 Å². The molecule has 0 aliphatic rings. The van der Waals surface area contributed by atoms with Gasteiger partial charge in [-0.1, -0.05) is 23.8 Å². The Hall–Kier alpha value is -2.54. The van der Waals surface area contributed by atoms with E-state index < -0.39 is 17.6 Å². The van der Waals surface area contributed by atoms with E-state index in [0.717, 1.165) is 29.0 Å². The van der Waals surface area contributed by atoms with Crippen LogP contribution in [0.5, 0.6) is 5.75 Å². The molecule has 0 aromatic heterocycles. The number of nitrogens with one attached hydrogen (secondary N) is 1. The number of amides is 1. The van der Waals surface area contributed by atoms with Crippen molar-refractivity contribution in [3.63, 3.8) is 0 Å². The molecule has 0 saturated carbocycles. The molecule has 26 heavy (non-hydrogen) atoms. The minimum Gasteiger partial charge on any atom is -0.496 e. The van der Waals surface area contributed by atoms with Gasteiger partial charge in [-0.15, -0.1) is 0 Å². The molecular weight excluding hydrogens is 345 g/mol. The number of carbonyl (C=O) groups is 1. The van der Waals surface area contributed by atoms with E-state index in [9.17, 15) is 18.0 Å². The van der Waals surface area contributed by atoms with E-state index in [-0.39, 0.29) is 12.2 Å². The summed E-state index contributed by atoms with van der Waals surface area (Å²) in [6.07, 6.45) is -4.45. The summed E-state index contributed by atoms with van der Waals surface area (Å²) < 4.78 is 43.5. The molecule has 7 heteroatoms. The van der Waals surface area contributed by atoms with Crippen LogP contribution in [0.25, 0.3) is 0 Å². The molecule has 0 aliphatic carbocycles. The molecule has 140 valence electrons. The normalized spacial score (nSPS) is 11.5. The van der Waals surface area contributed by atoms with Crippen LogP contribution in [0.2, 0.25) is 0 Å².